The highest BCUT2D eigenvalue weighted by atomic mass is 15.0. The van der Waals surface area contributed by atoms with E-state index in [2.05, 4.69) is 10.3 Å². The van der Waals surface area contributed by atoms with E-state index in [-0.39, 0.29) is 5.41 Å². The molecule has 0 aliphatic heterocycles. The summed E-state index contributed by atoms with van der Waals surface area (Å²) in [4.78, 5) is 9.34. The van der Waals surface area contributed by atoms with Crippen LogP contribution < -0.4 is 11.1 Å². The second-order valence-corrected chi connectivity index (χ2v) is 6.26. The number of para-hydroxylation sites is 2. The summed E-state index contributed by atoms with van der Waals surface area (Å²) in [5.74, 6) is 0.895. The van der Waals surface area contributed by atoms with Crippen molar-refractivity contribution in [2.24, 2.45) is 11.1 Å². The maximum Gasteiger partial charge on any atom is 0.148 e. The van der Waals surface area contributed by atoms with Gasteiger partial charge in [-0.25, -0.2) is 9.97 Å². The maximum atomic E-state index is 6.05. The largest absolute Gasteiger partial charge is 0.368 e. The highest BCUT2D eigenvalue weighted by Gasteiger charge is 2.30. The normalized spacial score (nSPS) is 17.8. The van der Waals surface area contributed by atoms with E-state index in [4.69, 9.17) is 10.7 Å². The Balaban J connectivity index is 1.79. The third kappa shape index (κ3) is 3.00. The first-order valence-electron chi connectivity index (χ1n) is 7.90. The molecule has 0 spiro atoms. The van der Waals surface area contributed by atoms with Gasteiger partial charge in [0.2, 0.25) is 0 Å². The Morgan fingerprint density at radius 2 is 1.76 bits per heavy atom. The molecule has 0 radical (unpaired) electrons. The molecule has 0 unspecified atom stereocenters. The number of aryl methyl sites for hydroxylation is 1. The summed E-state index contributed by atoms with van der Waals surface area (Å²) in [5.41, 5.74) is 9.14. The van der Waals surface area contributed by atoms with Gasteiger partial charge in [-0.3, -0.25) is 0 Å². The topological polar surface area (TPSA) is 63.8 Å². The van der Waals surface area contributed by atoms with Crippen molar-refractivity contribution in [2.75, 3.05) is 18.4 Å². The Labute approximate surface area is 126 Å². The minimum atomic E-state index is 0.234. The third-order valence-electron chi connectivity index (χ3n) is 4.72. The highest BCUT2D eigenvalue weighted by Crippen LogP contribution is 2.35. The summed E-state index contributed by atoms with van der Waals surface area (Å²) in [7, 11) is 0. The predicted octanol–water partition coefficient (Wildman–Crippen LogP) is 3.26. The lowest BCUT2D eigenvalue weighted by molar-refractivity contribution is 0.215. The fraction of sp³-hybridized carbons (Fsp3) is 0.529. The van der Waals surface area contributed by atoms with Gasteiger partial charge in [0.25, 0.3) is 0 Å². The summed E-state index contributed by atoms with van der Waals surface area (Å²) in [6.07, 6.45) is 6.37. The predicted molar refractivity (Wildman–Crippen MR) is 87.3 cm³/mol. The van der Waals surface area contributed by atoms with E-state index < -0.39 is 0 Å². The molecular weight excluding hydrogens is 260 g/mol. The standard InChI is InChI=1S/C17H24N4/c1-13-16(21-15-8-4-3-7-14(15)20-13)19-12-17(11-18)9-5-2-6-10-17/h3-4,7-8H,2,5-6,9-12,18H2,1H3,(H,19,21). The number of nitrogens with zero attached hydrogens (tertiary/aromatic N) is 2. The Hall–Kier alpha value is -1.68. The number of hydrogen-bond acceptors (Lipinski definition) is 4. The van der Waals surface area contributed by atoms with Crippen LogP contribution in [-0.4, -0.2) is 23.1 Å². The van der Waals surface area contributed by atoms with E-state index in [1.54, 1.807) is 0 Å². The zero-order chi connectivity index (χ0) is 14.7. The fourth-order valence-corrected chi connectivity index (χ4v) is 3.28. The van der Waals surface area contributed by atoms with Gasteiger partial charge in [0.15, 0.2) is 0 Å². The van der Waals surface area contributed by atoms with Crippen molar-refractivity contribution in [2.45, 2.75) is 39.0 Å². The molecule has 0 saturated heterocycles. The number of rotatable bonds is 4. The molecular formula is C17H24N4. The molecule has 4 nitrogen and oxygen atoms in total. The molecule has 1 aromatic carbocycles. The van der Waals surface area contributed by atoms with Gasteiger partial charge < -0.3 is 11.1 Å². The first kappa shape index (κ1) is 14.3. The van der Waals surface area contributed by atoms with Gasteiger partial charge >= 0.3 is 0 Å². The molecule has 0 bridgehead atoms. The van der Waals surface area contributed by atoms with Crippen molar-refractivity contribution in [1.29, 1.82) is 0 Å². The minimum Gasteiger partial charge on any atom is -0.368 e. The molecule has 1 fully saturated rings. The molecule has 112 valence electrons. The van der Waals surface area contributed by atoms with E-state index in [0.717, 1.165) is 35.6 Å². The Morgan fingerprint density at radius 3 is 2.43 bits per heavy atom. The first-order valence-corrected chi connectivity index (χ1v) is 7.90. The van der Waals surface area contributed by atoms with E-state index in [1.165, 1.54) is 32.1 Å². The lowest BCUT2D eigenvalue weighted by Crippen LogP contribution is -2.39. The number of nitrogens with two attached hydrogens (primary N) is 1. The molecule has 4 heteroatoms. The first-order chi connectivity index (χ1) is 10.2. The summed E-state index contributed by atoms with van der Waals surface area (Å²) in [6, 6.07) is 8.00. The molecule has 1 aliphatic carbocycles. The fourth-order valence-electron chi connectivity index (χ4n) is 3.28. The van der Waals surface area contributed by atoms with Crippen LogP contribution in [0.3, 0.4) is 0 Å². The van der Waals surface area contributed by atoms with Crippen LogP contribution in [0.5, 0.6) is 0 Å². The van der Waals surface area contributed by atoms with Gasteiger partial charge in [-0.2, -0.15) is 0 Å². The summed E-state index contributed by atoms with van der Waals surface area (Å²) in [5, 5.41) is 3.51. The molecule has 21 heavy (non-hydrogen) atoms. The van der Waals surface area contributed by atoms with Gasteiger partial charge in [0, 0.05) is 6.54 Å². The highest BCUT2D eigenvalue weighted by molar-refractivity contribution is 5.76. The average Bonchev–Trinajstić information content (AvgIpc) is 2.54. The zero-order valence-electron chi connectivity index (χ0n) is 12.7. The Bertz CT molecular complexity index is 617. The van der Waals surface area contributed by atoms with Gasteiger partial charge in [-0.15, -0.1) is 0 Å². The number of hydrogen-bond donors (Lipinski definition) is 2. The van der Waals surface area contributed by atoms with Crippen LogP contribution in [0.15, 0.2) is 24.3 Å². The van der Waals surface area contributed by atoms with E-state index in [9.17, 15) is 0 Å². The second kappa shape index (κ2) is 5.98. The molecule has 0 atom stereocenters. The number of aromatic nitrogens is 2. The van der Waals surface area contributed by atoms with Crippen molar-refractivity contribution >= 4 is 16.9 Å². The van der Waals surface area contributed by atoms with Gasteiger partial charge in [0.1, 0.15) is 5.82 Å². The molecule has 1 aromatic heterocycles. The van der Waals surface area contributed by atoms with Crippen LogP contribution in [0.2, 0.25) is 0 Å². The minimum absolute atomic E-state index is 0.234. The third-order valence-corrected chi connectivity index (χ3v) is 4.72. The summed E-state index contributed by atoms with van der Waals surface area (Å²) < 4.78 is 0. The van der Waals surface area contributed by atoms with Gasteiger partial charge in [0.05, 0.1) is 16.7 Å². The zero-order valence-corrected chi connectivity index (χ0v) is 12.7. The lowest BCUT2D eigenvalue weighted by Gasteiger charge is -2.36. The molecule has 3 rings (SSSR count). The summed E-state index contributed by atoms with van der Waals surface area (Å²) in [6.45, 7) is 3.66. The van der Waals surface area contributed by atoms with Crippen molar-refractivity contribution in [1.82, 2.24) is 9.97 Å². The van der Waals surface area contributed by atoms with Gasteiger partial charge in [-0.1, -0.05) is 31.4 Å². The number of benzene rings is 1. The van der Waals surface area contributed by atoms with Crippen molar-refractivity contribution in [3.8, 4) is 0 Å². The smallest absolute Gasteiger partial charge is 0.148 e. The SMILES string of the molecule is Cc1nc2ccccc2nc1NCC1(CN)CCCCC1. The molecule has 1 saturated carbocycles. The van der Waals surface area contributed by atoms with Crippen LogP contribution in [-0.2, 0) is 0 Å². The molecule has 2 aromatic rings. The van der Waals surface area contributed by atoms with Crippen molar-refractivity contribution in [3.05, 3.63) is 30.0 Å². The van der Waals surface area contributed by atoms with Crippen LogP contribution in [0, 0.1) is 12.3 Å². The number of fused-ring (bicyclic) bond motifs is 1. The Kier molecular flexibility index (Phi) is 4.06. The van der Waals surface area contributed by atoms with E-state index in [1.807, 2.05) is 31.2 Å². The second-order valence-electron chi connectivity index (χ2n) is 6.26. The van der Waals surface area contributed by atoms with Crippen LogP contribution >= 0.6 is 0 Å². The van der Waals surface area contributed by atoms with Gasteiger partial charge in [-0.05, 0) is 43.9 Å². The number of nitrogens with one attached hydrogen (secondary N) is 1. The monoisotopic (exact) mass is 284 g/mol. The van der Waals surface area contributed by atoms with Crippen molar-refractivity contribution < 1.29 is 0 Å². The molecule has 3 N–H and O–H groups in total. The van der Waals surface area contributed by atoms with Crippen LogP contribution in [0.1, 0.15) is 37.8 Å². The van der Waals surface area contributed by atoms with Crippen LogP contribution in [0.4, 0.5) is 5.82 Å². The summed E-state index contributed by atoms with van der Waals surface area (Å²) >= 11 is 0. The molecule has 1 heterocycles. The Morgan fingerprint density at radius 1 is 1.10 bits per heavy atom. The van der Waals surface area contributed by atoms with Crippen molar-refractivity contribution in [3.63, 3.8) is 0 Å². The maximum absolute atomic E-state index is 6.05. The van der Waals surface area contributed by atoms with E-state index >= 15 is 0 Å². The van der Waals surface area contributed by atoms with E-state index in [0.29, 0.717) is 0 Å². The average molecular weight is 284 g/mol. The lowest BCUT2D eigenvalue weighted by atomic mass is 9.74. The quantitative estimate of drug-likeness (QED) is 0.904. The van der Waals surface area contributed by atoms with Crippen LogP contribution in [0.25, 0.3) is 11.0 Å². The molecule has 0 amide bonds. The molecule has 1 aliphatic rings. The number of anilines is 1.